The normalized spacial score (nSPS) is 11.0. The molecule has 2 nitrogen and oxygen atoms in total. The molecule has 0 amide bonds. The third-order valence-corrected chi connectivity index (χ3v) is 4.22. The number of aryl methyl sites for hydroxylation is 2. The Balaban J connectivity index is 2.19. The number of hydrogen-bond acceptors (Lipinski definition) is 3. The summed E-state index contributed by atoms with van der Waals surface area (Å²) in [4.78, 5) is 4.72. The molecule has 0 aliphatic rings. The van der Waals surface area contributed by atoms with Crippen LogP contribution in [0.5, 0.6) is 0 Å². The standard InChI is InChI=1S/C15H14N2S/c1-9-6-7-11(8-12(9)16)15-17-14-10(2)4-3-5-13(14)18-15/h3-8H,16H2,1-2H3. The van der Waals surface area contributed by atoms with E-state index in [0.29, 0.717) is 0 Å². The lowest BCUT2D eigenvalue weighted by molar-refractivity contribution is 1.41. The van der Waals surface area contributed by atoms with Crippen LogP contribution in [0.15, 0.2) is 36.4 Å². The molecule has 0 radical (unpaired) electrons. The number of benzene rings is 2. The second kappa shape index (κ2) is 4.10. The van der Waals surface area contributed by atoms with Crippen molar-refractivity contribution < 1.29 is 0 Å². The van der Waals surface area contributed by atoms with Crippen LogP contribution in [0.3, 0.4) is 0 Å². The number of nitrogens with zero attached hydrogens (tertiary/aromatic N) is 1. The smallest absolute Gasteiger partial charge is 0.124 e. The van der Waals surface area contributed by atoms with Gasteiger partial charge in [-0.25, -0.2) is 4.98 Å². The summed E-state index contributed by atoms with van der Waals surface area (Å²) in [5, 5.41) is 1.03. The van der Waals surface area contributed by atoms with Gasteiger partial charge in [-0.2, -0.15) is 0 Å². The molecule has 0 atom stereocenters. The fourth-order valence-electron chi connectivity index (χ4n) is 1.98. The first-order valence-corrected chi connectivity index (χ1v) is 6.69. The number of hydrogen-bond donors (Lipinski definition) is 1. The van der Waals surface area contributed by atoms with Gasteiger partial charge in [0, 0.05) is 11.3 Å². The van der Waals surface area contributed by atoms with Gasteiger partial charge in [-0.3, -0.25) is 0 Å². The predicted molar refractivity (Wildman–Crippen MR) is 78.9 cm³/mol. The number of nitrogens with two attached hydrogens (primary N) is 1. The van der Waals surface area contributed by atoms with Crippen LogP contribution >= 0.6 is 11.3 Å². The highest BCUT2D eigenvalue weighted by atomic mass is 32.1. The van der Waals surface area contributed by atoms with E-state index in [0.717, 1.165) is 27.3 Å². The Morgan fingerprint density at radius 3 is 2.61 bits per heavy atom. The van der Waals surface area contributed by atoms with E-state index in [1.807, 2.05) is 19.1 Å². The number of rotatable bonds is 1. The van der Waals surface area contributed by atoms with Crippen LogP contribution in [0.2, 0.25) is 0 Å². The lowest BCUT2D eigenvalue weighted by Gasteiger charge is -2.01. The zero-order valence-corrected chi connectivity index (χ0v) is 11.2. The predicted octanol–water partition coefficient (Wildman–Crippen LogP) is 4.16. The largest absolute Gasteiger partial charge is 0.398 e. The van der Waals surface area contributed by atoms with Gasteiger partial charge in [-0.15, -0.1) is 11.3 Å². The zero-order valence-electron chi connectivity index (χ0n) is 10.4. The lowest BCUT2D eigenvalue weighted by Crippen LogP contribution is -1.89. The Morgan fingerprint density at radius 1 is 1.06 bits per heavy atom. The van der Waals surface area contributed by atoms with Crippen LogP contribution in [-0.2, 0) is 0 Å². The molecular formula is C15H14N2S. The van der Waals surface area contributed by atoms with E-state index in [1.54, 1.807) is 11.3 Å². The van der Waals surface area contributed by atoms with Gasteiger partial charge in [0.25, 0.3) is 0 Å². The second-order valence-corrected chi connectivity index (χ2v) is 5.54. The second-order valence-electron chi connectivity index (χ2n) is 4.51. The highest BCUT2D eigenvalue weighted by Crippen LogP contribution is 2.32. The van der Waals surface area contributed by atoms with E-state index >= 15 is 0 Å². The van der Waals surface area contributed by atoms with Gasteiger partial charge >= 0.3 is 0 Å². The summed E-state index contributed by atoms with van der Waals surface area (Å²) in [6.07, 6.45) is 0. The van der Waals surface area contributed by atoms with Crippen molar-refractivity contribution >= 4 is 27.2 Å². The van der Waals surface area contributed by atoms with E-state index in [-0.39, 0.29) is 0 Å². The van der Waals surface area contributed by atoms with Crippen molar-refractivity contribution in [2.24, 2.45) is 0 Å². The first kappa shape index (κ1) is 11.2. The molecule has 18 heavy (non-hydrogen) atoms. The Hall–Kier alpha value is -1.87. The minimum Gasteiger partial charge on any atom is -0.398 e. The topological polar surface area (TPSA) is 38.9 Å². The average Bonchev–Trinajstić information content (AvgIpc) is 2.78. The molecule has 0 saturated carbocycles. The lowest BCUT2D eigenvalue weighted by atomic mass is 10.1. The van der Waals surface area contributed by atoms with Gasteiger partial charge in [-0.05, 0) is 37.1 Å². The summed E-state index contributed by atoms with van der Waals surface area (Å²) in [5.74, 6) is 0. The maximum absolute atomic E-state index is 5.96. The summed E-state index contributed by atoms with van der Waals surface area (Å²) in [5.41, 5.74) is 11.3. The van der Waals surface area contributed by atoms with E-state index in [1.165, 1.54) is 10.3 Å². The molecular weight excluding hydrogens is 240 g/mol. The first-order chi connectivity index (χ1) is 8.65. The van der Waals surface area contributed by atoms with Gasteiger partial charge in [0.15, 0.2) is 0 Å². The van der Waals surface area contributed by atoms with Crippen LogP contribution in [0.4, 0.5) is 5.69 Å². The van der Waals surface area contributed by atoms with Crippen molar-refractivity contribution in [3.05, 3.63) is 47.5 Å². The van der Waals surface area contributed by atoms with E-state index in [9.17, 15) is 0 Å². The third kappa shape index (κ3) is 1.77. The number of nitrogen functional groups attached to an aromatic ring is 1. The molecule has 0 aliphatic heterocycles. The van der Waals surface area contributed by atoms with Crippen LogP contribution in [0.25, 0.3) is 20.8 Å². The van der Waals surface area contributed by atoms with E-state index in [4.69, 9.17) is 10.7 Å². The maximum atomic E-state index is 5.96. The Labute approximate surface area is 110 Å². The van der Waals surface area contributed by atoms with Gasteiger partial charge in [-0.1, -0.05) is 24.3 Å². The number of thiazole rings is 1. The number of para-hydroxylation sites is 1. The first-order valence-electron chi connectivity index (χ1n) is 5.88. The summed E-state index contributed by atoms with van der Waals surface area (Å²) >= 11 is 1.71. The zero-order chi connectivity index (χ0) is 12.7. The fourth-order valence-corrected chi connectivity index (χ4v) is 3.02. The van der Waals surface area contributed by atoms with Gasteiger partial charge in [0.2, 0.25) is 0 Å². The molecule has 0 bridgehead atoms. The van der Waals surface area contributed by atoms with Gasteiger partial charge < -0.3 is 5.73 Å². The molecule has 1 aromatic heterocycles. The molecule has 2 aromatic carbocycles. The summed E-state index contributed by atoms with van der Waals surface area (Å²) in [6, 6.07) is 12.4. The molecule has 0 fully saturated rings. The minimum atomic E-state index is 0.823. The molecule has 90 valence electrons. The van der Waals surface area contributed by atoms with E-state index < -0.39 is 0 Å². The Morgan fingerprint density at radius 2 is 1.89 bits per heavy atom. The van der Waals surface area contributed by atoms with Crippen molar-refractivity contribution in [1.29, 1.82) is 0 Å². The molecule has 0 saturated heterocycles. The Bertz CT molecular complexity index is 728. The molecule has 3 rings (SSSR count). The van der Waals surface area contributed by atoms with Crippen molar-refractivity contribution in [2.45, 2.75) is 13.8 Å². The molecule has 0 unspecified atom stereocenters. The van der Waals surface area contributed by atoms with Crippen LogP contribution in [0, 0.1) is 13.8 Å². The quantitative estimate of drug-likeness (QED) is 0.662. The highest BCUT2D eigenvalue weighted by Gasteiger charge is 2.08. The Kier molecular flexibility index (Phi) is 2.56. The SMILES string of the molecule is Cc1ccc(-c2nc3c(C)cccc3s2)cc1N. The van der Waals surface area contributed by atoms with Crippen LogP contribution < -0.4 is 5.73 Å². The summed E-state index contributed by atoms with van der Waals surface area (Å²) < 4.78 is 1.23. The molecule has 1 heterocycles. The van der Waals surface area contributed by atoms with Crippen LogP contribution in [0.1, 0.15) is 11.1 Å². The fraction of sp³-hybridized carbons (Fsp3) is 0.133. The molecule has 3 heteroatoms. The number of fused-ring (bicyclic) bond motifs is 1. The monoisotopic (exact) mass is 254 g/mol. The third-order valence-electron chi connectivity index (χ3n) is 3.15. The molecule has 3 aromatic rings. The maximum Gasteiger partial charge on any atom is 0.124 e. The highest BCUT2D eigenvalue weighted by molar-refractivity contribution is 7.21. The minimum absolute atomic E-state index is 0.823. The van der Waals surface area contributed by atoms with Crippen molar-refractivity contribution in [2.75, 3.05) is 5.73 Å². The van der Waals surface area contributed by atoms with Crippen LogP contribution in [-0.4, -0.2) is 4.98 Å². The van der Waals surface area contributed by atoms with E-state index in [2.05, 4.69) is 31.2 Å². The molecule has 0 aliphatic carbocycles. The van der Waals surface area contributed by atoms with Crippen molar-refractivity contribution in [3.63, 3.8) is 0 Å². The average molecular weight is 254 g/mol. The van der Waals surface area contributed by atoms with Crippen molar-refractivity contribution in [1.82, 2.24) is 4.98 Å². The summed E-state index contributed by atoms with van der Waals surface area (Å²) in [6.45, 7) is 4.11. The molecule has 2 N–H and O–H groups in total. The number of aromatic nitrogens is 1. The molecule has 0 spiro atoms. The summed E-state index contributed by atoms with van der Waals surface area (Å²) in [7, 11) is 0. The van der Waals surface area contributed by atoms with Gasteiger partial charge in [0.05, 0.1) is 10.2 Å². The number of anilines is 1. The van der Waals surface area contributed by atoms with Crippen molar-refractivity contribution in [3.8, 4) is 10.6 Å². The van der Waals surface area contributed by atoms with Gasteiger partial charge in [0.1, 0.15) is 5.01 Å².